The quantitative estimate of drug-likeness (QED) is 0.327. The van der Waals surface area contributed by atoms with Crippen LogP contribution in [0.5, 0.6) is 5.75 Å². The molecule has 2 bridgehead atoms. The summed E-state index contributed by atoms with van der Waals surface area (Å²) in [4.78, 5) is 17.8. The Bertz CT molecular complexity index is 1740. The van der Waals surface area contributed by atoms with Crippen molar-refractivity contribution in [2.24, 2.45) is 4.99 Å². The van der Waals surface area contributed by atoms with Crippen molar-refractivity contribution >= 4 is 22.3 Å². The minimum atomic E-state index is -2.94. The molecule has 5 heterocycles. The highest BCUT2D eigenvalue weighted by atomic mass is 19.3. The monoisotopic (exact) mass is 527 g/mol. The van der Waals surface area contributed by atoms with E-state index in [0.29, 0.717) is 24.1 Å². The molecular weight excluding hydrogens is 500 g/mol. The molecule has 0 saturated carbocycles. The summed E-state index contributed by atoms with van der Waals surface area (Å²) in [5, 5.41) is 10.4. The van der Waals surface area contributed by atoms with Gasteiger partial charge < -0.3 is 19.4 Å². The number of H-pyrrole nitrogens is 1. The first-order valence-corrected chi connectivity index (χ1v) is 13.0. The fourth-order valence-corrected chi connectivity index (χ4v) is 6.17. The lowest BCUT2D eigenvalue weighted by atomic mass is 9.97. The van der Waals surface area contributed by atoms with E-state index in [-0.39, 0.29) is 17.7 Å². The summed E-state index contributed by atoms with van der Waals surface area (Å²) >= 11 is 0. The van der Waals surface area contributed by atoms with E-state index in [1.165, 1.54) is 0 Å². The SMILES string of the molecule is Cc1nc2c([nH]1)C1C[C@H](c3c(OC(F)F)cccc3-2)n2c1nc1ccc(C3=CN=C(C(C)(C)O)CC=C3)cc12. The van der Waals surface area contributed by atoms with E-state index in [0.717, 1.165) is 50.8 Å². The lowest BCUT2D eigenvalue weighted by Crippen LogP contribution is -2.30. The molecule has 3 aliphatic heterocycles. The number of aryl methyl sites for hydroxylation is 1. The normalized spacial score (nSPS) is 19.8. The van der Waals surface area contributed by atoms with E-state index >= 15 is 0 Å². The average Bonchev–Trinajstić information content (AvgIpc) is 3.44. The molecule has 2 aromatic heterocycles. The molecular formula is C30H27F2N5O2. The van der Waals surface area contributed by atoms with Crippen LogP contribution in [0.2, 0.25) is 0 Å². The molecule has 0 fully saturated rings. The fourth-order valence-electron chi connectivity index (χ4n) is 6.17. The topological polar surface area (TPSA) is 88.3 Å². The number of imidazole rings is 2. The number of hydrogen-bond acceptors (Lipinski definition) is 5. The molecule has 3 aliphatic rings. The zero-order valence-electron chi connectivity index (χ0n) is 21.7. The summed E-state index contributed by atoms with van der Waals surface area (Å²) in [5.74, 6) is 1.74. The van der Waals surface area contributed by atoms with E-state index in [1.54, 1.807) is 32.2 Å². The van der Waals surface area contributed by atoms with Gasteiger partial charge in [-0.15, -0.1) is 0 Å². The largest absolute Gasteiger partial charge is 0.434 e. The molecule has 0 amide bonds. The molecule has 0 saturated heterocycles. The zero-order valence-corrected chi connectivity index (χ0v) is 21.7. The van der Waals surface area contributed by atoms with Gasteiger partial charge in [-0.05, 0) is 56.5 Å². The van der Waals surface area contributed by atoms with Gasteiger partial charge in [0.15, 0.2) is 0 Å². The summed E-state index contributed by atoms with van der Waals surface area (Å²) in [5.41, 5.74) is 6.52. The Morgan fingerprint density at radius 2 is 2.03 bits per heavy atom. The van der Waals surface area contributed by atoms with Crippen molar-refractivity contribution in [3.63, 3.8) is 0 Å². The van der Waals surface area contributed by atoms with Crippen LogP contribution in [-0.4, -0.2) is 42.5 Å². The van der Waals surface area contributed by atoms with E-state index < -0.39 is 12.2 Å². The predicted molar refractivity (Wildman–Crippen MR) is 145 cm³/mol. The molecule has 1 unspecified atom stereocenters. The number of halogens is 2. The molecule has 198 valence electrons. The van der Waals surface area contributed by atoms with Gasteiger partial charge in [0, 0.05) is 23.7 Å². The highest BCUT2D eigenvalue weighted by Crippen LogP contribution is 2.54. The minimum absolute atomic E-state index is 0.0650. The molecule has 2 N–H and O–H groups in total. The first-order valence-electron chi connectivity index (χ1n) is 13.0. The number of aliphatic imine (C=N–C) groups is 1. The number of rotatable bonds is 4. The molecule has 2 atom stereocenters. The first-order chi connectivity index (χ1) is 18.7. The molecule has 4 aromatic rings. The Morgan fingerprint density at radius 1 is 1.18 bits per heavy atom. The number of fused-ring (bicyclic) bond motifs is 6. The molecule has 39 heavy (non-hydrogen) atoms. The molecule has 7 rings (SSSR count). The first kappa shape index (κ1) is 24.0. The number of ether oxygens (including phenoxy) is 1. The maximum atomic E-state index is 13.5. The number of aromatic amines is 1. The molecule has 0 spiro atoms. The maximum Gasteiger partial charge on any atom is 0.387 e. The van der Waals surface area contributed by atoms with Crippen LogP contribution in [0.1, 0.15) is 67.1 Å². The van der Waals surface area contributed by atoms with Crippen LogP contribution >= 0.6 is 0 Å². The van der Waals surface area contributed by atoms with Crippen molar-refractivity contribution in [3.05, 3.63) is 83.2 Å². The average molecular weight is 528 g/mol. The molecule has 0 aliphatic carbocycles. The van der Waals surface area contributed by atoms with Gasteiger partial charge in [-0.25, -0.2) is 9.97 Å². The van der Waals surface area contributed by atoms with Crippen molar-refractivity contribution in [1.82, 2.24) is 19.5 Å². The second kappa shape index (κ2) is 8.44. The number of aromatic nitrogens is 4. The van der Waals surface area contributed by atoms with Crippen LogP contribution in [0, 0.1) is 6.92 Å². The van der Waals surface area contributed by atoms with Crippen LogP contribution in [0.25, 0.3) is 27.9 Å². The van der Waals surface area contributed by atoms with Crippen molar-refractivity contribution in [3.8, 4) is 17.0 Å². The van der Waals surface area contributed by atoms with Crippen molar-refractivity contribution in [2.75, 3.05) is 0 Å². The number of nitrogens with one attached hydrogen (secondary N) is 1. The van der Waals surface area contributed by atoms with Crippen LogP contribution in [0.3, 0.4) is 0 Å². The standard InChI is InChI=1S/C30H27F2N5O2/c1-15-34-26-18-7-5-8-23(39-29(31)32)25(18)22-13-19(27(26)35-15)28-36-20-11-10-16(12-21(20)37(22)28)17-6-4-9-24(33-14-17)30(2,3)38/h4-8,10-12,14,19,22,29,38H,9,13H2,1-3H3,(H,34,35)/t19?,22-/m1/s1. The van der Waals surface area contributed by atoms with Gasteiger partial charge in [-0.2, -0.15) is 8.78 Å². The summed E-state index contributed by atoms with van der Waals surface area (Å²) in [6.07, 6.45) is 7.02. The Morgan fingerprint density at radius 3 is 2.82 bits per heavy atom. The van der Waals surface area contributed by atoms with Crippen molar-refractivity contribution in [2.45, 2.75) is 57.8 Å². The Labute approximate surface area is 223 Å². The van der Waals surface area contributed by atoms with Gasteiger partial charge in [0.05, 0.1) is 45.7 Å². The minimum Gasteiger partial charge on any atom is -0.434 e. The lowest BCUT2D eigenvalue weighted by molar-refractivity contribution is -0.0506. The molecule has 2 aromatic carbocycles. The summed E-state index contributed by atoms with van der Waals surface area (Å²) in [7, 11) is 0. The third-order valence-electron chi connectivity index (χ3n) is 7.88. The van der Waals surface area contributed by atoms with E-state index in [1.807, 2.05) is 37.3 Å². The van der Waals surface area contributed by atoms with Crippen LogP contribution in [0.15, 0.2) is 59.7 Å². The highest BCUT2D eigenvalue weighted by molar-refractivity contribution is 5.95. The second-order valence-corrected chi connectivity index (χ2v) is 10.9. The third kappa shape index (κ3) is 3.75. The third-order valence-corrected chi connectivity index (χ3v) is 7.88. The summed E-state index contributed by atoms with van der Waals surface area (Å²) in [6, 6.07) is 11.1. The van der Waals surface area contributed by atoms with Crippen molar-refractivity contribution in [1.29, 1.82) is 0 Å². The summed E-state index contributed by atoms with van der Waals surface area (Å²) in [6.45, 7) is 2.43. The van der Waals surface area contributed by atoms with E-state index in [4.69, 9.17) is 14.7 Å². The number of allylic oxidation sites excluding steroid dienone is 3. The van der Waals surface area contributed by atoms with Gasteiger partial charge in [0.1, 0.15) is 17.4 Å². The molecule has 0 radical (unpaired) electrons. The van der Waals surface area contributed by atoms with Crippen molar-refractivity contribution < 1.29 is 18.6 Å². The number of hydrogen-bond donors (Lipinski definition) is 2. The van der Waals surface area contributed by atoms with E-state index in [9.17, 15) is 13.9 Å². The van der Waals surface area contributed by atoms with Gasteiger partial charge in [-0.1, -0.05) is 30.4 Å². The lowest BCUT2D eigenvalue weighted by Gasteiger charge is -2.21. The van der Waals surface area contributed by atoms with Gasteiger partial charge >= 0.3 is 6.61 Å². The zero-order chi connectivity index (χ0) is 27.1. The summed E-state index contributed by atoms with van der Waals surface area (Å²) < 4.78 is 34.3. The van der Waals surface area contributed by atoms with Crippen LogP contribution in [-0.2, 0) is 0 Å². The Kier molecular flexibility index (Phi) is 5.19. The van der Waals surface area contributed by atoms with Gasteiger partial charge in [0.2, 0.25) is 0 Å². The smallest absolute Gasteiger partial charge is 0.387 e. The van der Waals surface area contributed by atoms with Gasteiger partial charge in [-0.3, -0.25) is 4.99 Å². The van der Waals surface area contributed by atoms with Gasteiger partial charge in [0.25, 0.3) is 0 Å². The highest BCUT2D eigenvalue weighted by Gasteiger charge is 2.43. The molecule has 7 nitrogen and oxygen atoms in total. The number of benzene rings is 2. The predicted octanol–water partition coefficient (Wildman–Crippen LogP) is 6.29. The second-order valence-electron chi connectivity index (χ2n) is 10.9. The molecule has 9 heteroatoms. The van der Waals surface area contributed by atoms with Crippen LogP contribution < -0.4 is 4.74 Å². The number of alkyl halides is 2. The number of nitrogens with zero attached hydrogens (tertiary/aromatic N) is 4. The Hall–Kier alpha value is -4.11. The van der Waals surface area contributed by atoms with Crippen LogP contribution in [0.4, 0.5) is 8.78 Å². The number of aliphatic hydroxyl groups is 1. The fraction of sp³-hybridized carbons (Fsp3) is 0.300. The maximum absolute atomic E-state index is 13.5. The Balaban J connectivity index is 1.43. The van der Waals surface area contributed by atoms with E-state index in [2.05, 4.69) is 20.6 Å².